The van der Waals surface area contributed by atoms with Crippen LogP contribution in [0, 0.1) is 5.41 Å². The second-order valence-corrected chi connectivity index (χ2v) is 9.35. The summed E-state index contributed by atoms with van der Waals surface area (Å²) in [5, 5.41) is 6.50. The molecule has 1 spiro atoms. The van der Waals surface area contributed by atoms with E-state index in [2.05, 4.69) is 10.2 Å². The van der Waals surface area contributed by atoms with Crippen LogP contribution in [-0.2, 0) is 10.0 Å². The van der Waals surface area contributed by atoms with Crippen molar-refractivity contribution < 1.29 is 17.9 Å². The number of rotatable bonds is 2. The predicted octanol–water partition coefficient (Wildman–Crippen LogP) is 1.74. The standard InChI is InChI=1S/C19H24N4O4S/c1-2-23-13-19(14-27-16-5-3-4-6-17(16)28(23,25)26)7-9-22(10-8-19)18(24)15-11-20-21-12-15/h3-6,11-12H,2,7-10,13-14H2,1H3,(H,20,21). The van der Waals surface area contributed by atoms with Crippen LogP contribution < -0.4 is 4.74 Å². The molecule has 28 heavy (non-hydrogen) atoms. The molecule has 0 radical (unpaired) electrons. The Morgan fingerprint density at radius 2 is 2.04 bits per heavy atom. The number of ether oxygens (including phenoxy) is 1. The monoisotopic (exact) mass is 404 g/mol. The maximum atomic E-state index is 13.1. The second kappa shape index (κ2) is 7.21. The van der Waals surface area contributed by atoms with E-state index in [1.54, 1.807) is 39.7 Å². The second-order valence-electron chi connectivity index (χ2n) is 7.45. The van der Waals surface area contributed by atoms with Crippen LogP contribution in [0.4, 0.5) is 0 Å². The zero-order valence-corrected chi connectivity index (χ0v) is 16.6. The molecule has 1 saturated heterocycles. The van der Waals surface area contributed by atoms with Crippen LogP contribution in [0.2, 0.25) is 0 Å². The first-order valence-corrected chi connectivity index (χ1v) is 10.9. The van der Waals surface area contributed by atoms with Crippen molar-refractivity contribution >= 4 is 15.9 Å². The van der Waals surface area contributed by atoms with Gasteiger partial charge in [0.1, 0.15) is 10.6 Å². The van der Waals surface area contributed by atoms with Crippen LogP contribution in [0.3, 0.4) is 0 Å². The Morgan fingerprint density at radius 1 is 1.29 bits per heavy atom. The Bertz CT molecular complexity index is 950. The summed E-state index contributed by atoms with van der Waals surface area (Å²) < 4.78 is 33.8. The number of aromatic amines is 1. The number of likely N-dealkylation sites (tertiary alicyclic amines) is 1. The van der Waals surface area contributed by atoms with Gasteiger partial charge in [0.2, 0.25) is 10.0 Å². The molecule has 0 atom stereocenters. The molecule has 4 rings (SSSR count). The average molecular weight is 404 g/mol. The Balaban J connectivity index is 1.57. The molecule has 0 saturated carbocycles. The van der Waals surface area contributed by atoms with E-state index in [1.807, 2.05) is 6.92 Å². The van der Waals surface area contributed by atoms with Gasteiger partial charge in [-0.1, -0.05) is 19.1 Å². The summed E-state index contributed by atoms with van der Waals surface area (Å²) in [6, 6.07) is 6.80. The van der Waals surface area contributed by atoms with E-state index >= 15 is 0 Å². The van der Waals surface area contributed by atoms with Crippen molar-refractivity contribution in [2.24, 2.45) is 5.41 Å². The number of amides is 1. The van der Waals surface area contributed by atoms with Gasteiger partial charge in [0.25, 0.3) is 5.91 Å². The minimum absolute atomic E-state index is 0.0549. The predicted molar refractivity (Wildman–Crippen MR) is 103 cm³/mol. The number of piperidine rings is 1. The van der Waals surface area contributed by atoms with E-state index in [1.165, 1.54) is 6.20 Å². The van der Waals surface area contributed by atoms with Crippen LogP contribution in [0.25, 0.3) is 0 Å². The normalized spacial score (nSPS) is 21.4. The number of benzene rings is 1. The molecule has 2 aromatic rings. The number of hydrogen-bond acceptors (Lipinski definition) is 5. The third-order valence-corrected chi connectivity index (χ3v) is 7.68. The summed E-state index contributed by atoms with van der Waals surface area (Å²) in [6.45, 7) is 4.21. The number of sulfonamides is 1. The number of aromatic nitrogens is 2. The molecule has 3 heterocycles. The Labute approximate surface area is 164 Å². The minimum Gasteiger partial charge on any atom is -0.492 e. The van der Waals surface area contributed by atoms with E-state index in [0.717, 1.165) is 0 Å². The number of H-pyrrole nitrogens is 1. The lowest BCUT2D eigenvalue weighted by molar-refractivity contribution is 0.0306. The topological polar surface area (TPSA) is 95.6 Å². The zero-order chi connectivity index (χ0) is 19.8. The van der Waals surface area contributed by atoms with Gasteiger partial charge in [-0.05, 0) is 25.0 Å². The number of nitrogens with one attached hydrogen (secondary N) is 1. The molecule has 1 aromatic heterocycles. The van der Waals surface area contributed by atoms with E-state index in [4.69, 9.17) is 4.74 Å². The first-order valence-electron chi connectivity index (χ1n) is 9.45. The quantitative estimate of drug-likeness (QED) is 0.823. The van der Waals surface area contributed by atoms with Gasteiger partial charge in [0.15, 0.2) is 0 Å². The molecular formula is C19H24N4O4S. The summed E-state index contributed by atoms with van der Waals surface area (Å²) in [4.78, 5) is 14.6. The number of hydrogen-bond donors (Lipinski definition) is 1. The van der Waals surface area contributed by atoms with Gasteiger partial charge >= 0.3 is 0 Å². The van der Waals surface area contributed by atoms with Crippen LogP contribution in [0.5, 0.6) is 5.75 Å². The summed E-state index contributed by atoms with van der Waals surface area (Å²) in [6.07, 6.45) is 4.48. The number of carbonyl (C=O) groups excluding carboxylic acids is 1. The Hall–Kier alpha value is -2.39. The van der Waals surface area contributed by atoms with E-state index in [0.29, 0.717) is 56.9 Å². The zero-order valence-electron chi connectivity index (χ0n) is 15.8. The van der Waals surface area contributed by atoms with E-state index < -0.39 is 10.0 Å². The van der Waals surface area contributed by atoms with Crippen LogP contribution >= 0.6 is 0 Å². The molecule has 1 fully saturated rings. The van der Waals surface area contributed by atoms with Crippen molar-refractivity contribution in [1.82, 2.24) is 19.4 Å². The van der Waals surface area contributed by atoms with Gasteiger partial charge in [-0.15, -0.1) is 0 Å². The van der Waals surface area contributed by atoms with Gasteiger partial charge in [-0.2, -0.15) is 9.40 Å². The lowest BCUT2D eigenvalue weighted by Gasteiger charge is -2.44. The van der Waals surface area contributed by atoms with Crippen LogP contribution in [0.1, 0.15) is 30.1 Å². The molecule has 150 valence electrons. The third-order valence-electron chi connectivity index (χ3n) is 5.72. The smallest absolute Gasteiger partial charge is 0.257 e. The maximum Gasteiger partial charge on any atom is 0.257 e. The molecule has 2 aliphatic heterocycles. The molecule has 2 aliphatic rings. The van der Waals surface area contributed by atoms with Crippen molar-refractivity contribution in [2.45, 2.75) is 24.7 Å². The van der Waals surface area contributed by atoms with Crippen molar-refractivity contribution in [1.29, 1.82) is 0 Å². The van der Waals surface area contributed by atoms with Crippen molar-refractivity contribution in [3.8, 4) is 5.75 Å². The van der Waals surface area contributed by atoms with E-state index in [-0.39, 0.29) is 16.2 Å². The van der Waals surface area contributed by atoms with Gasteiger partial charge in [-0.3, -0.25) is 9.89 Å². The number of nitrogens with zero attached hydrogens (tertiary/aromatic N) is 3. The van der Waals surface area contributed by atoms with Crippen molar-refractivity contribution in [3.63, 3.8) is 0 Å². The minimum atomic E-state index is -3.62. The van der Waals surface area contributed by atoms with Crippen molar-refractivity contribution in [2.75, 3.05) is 32.8 Å². The molecule has 0 bridgehead atoms. The highest BCUT2D eigenvalue weighted by Gasteiger charge is 2.43. The number of carbonyl (C=O) groups is 1. The van der Waals surface area contributed by atoms with E-state index in [9.17, 15) is 13.2 Å². The Morgan fingerprint density at radius 3 is 2.71 bits per heavy atom. The lowest BCUT2D eigenvalue weighted by Crippen LogP contribution is -2.52. The fourth-order valence-corrected chi connectivity index (χ4v) is 5.67. The fourth-order valence-electron chi connectivity index (χ4n) is 3.98. The molecule has 0 aliphatic carbocycles. The summed E-state index contributed by atoms with van der Waals surface area (Å²) in [7, 11) is -3.62. The number of para-hydroxylation sites is 1. The van der Waals surface area contributed by atoms with Gasteiger partial charge in [-0.25, -0.2) is 8.42 Å². The largest absolute Gasteiger partial charge is 0.492 e. The molecular weight excluding hydrogens is 380 g/mol. The highest BCUT2D eigenvalue weighted by molar-refractivity contribution is 7.89. The molecule has 1 amide bonds. The number of fused-ring (bicyclic) bond motifs is 1. The fraction of sp³-hybridized carbons (Fsp3) is 0.474. The lowest BCUT2D eigenvalue weighted by atomic mass is 9.78. The average Bonchev–Trinajstić information content (AvgIpc) is 3.25. The molecule has 9 heteroatoms. The Kier molecular flexibility index (Phi) is 4.88. The molecule has 1 N–H and O–H groups in total. The summed E-state index contributed by atoms with van der Waals surface area (Å²) in [5.74, 6) is 0.345. The van der Waals surface area contributed by atoms with Crippen LogP contribution in [0.15, 0.2) is 41.6 Å². The molecule has 0 unspecified atom stereocenters. The SMILES string of the molecule is CCN1CC2(CCN(C(=O)c3cn[nH]c3)CC2)COc2ccccc2S1(=O)=O. The first kappa shape index (κ1) is 18.9. The highest BCUT2D eigenvalue weighted by atomic mass is 32.2. The maximum absolute atomic E-state index is 13.1. The third kappa shape index (κ3) is 3.29. The highest BCUT2D eigenvalue weighted by Crippen LogP contribution is 2.39. The molecule has 1 aromatic carbocycles. The van der Waals surface area contributed by atoms with Gasteiger partial charge < -0.3 is 9.64 Å². The van der Waals surface area contributed by atoms with Crippen molar-refractivity contribution in [3.05, 3.63) is 42.2 Å². The summed E-state index contributed by atoms with van der Waals surface area (Å²) >= 11 is 0. The molecule has 8 nitrogen and oxygen atoms in total. The first-order chi connectivity index (χ1) is 13.5. The summed E-state index contributed by atoms with van der Waals surface area (Å²) in [5.41, 5.74) is 0.223. The van der Waals surface area contributed by atoms with Gasteiger partial charge in [0.05, 0.1) is 18.4 Å². The van der Waals surface area contributed by atoms with Crippen LogP contribution in [-0.4, -0.2) is 66.5 Å². The van der Waals surface area contributed by atoms with Gasteiger partial charge in [0, 0.05) is 37.8 Å².